The molecule has 0 radical (unpaired) electrons. The summed E-state index contributed by atoms with van der Waals surface area (Å²) in [4.78, 5) is 37.1. The van der Waals surface area contributed by atoms with Crippen LogP contribution in [0.1, 0.15) is 35.7 Å². The average Bonchev–Trinajstić information content (AvgIpc) is 2.63. The van der Waals surface area contributed by atoms with Crippen LogP contribution in [-0.2, 0) is 19.1 Å². The smallest absolute Gasteiger partial charge is 0.337 e. The molecule has 1 aliphatic heterocycles. The molecule has 1 aromatic rings. The number of likely N-dealkylation sites (tertiary alicyclic amines) is 1. The highest BCUT2D eigenvalue weighted by Gasteiger charge is 2.30. The third-order valence-corrected chi connectivity index (χ3v) is 4.58. The molecular weight excluding hydrogens is 336 g/mol. The SMILES string of the molecule is CCOC(=O)[C@@H]1CCC[NH+](CC(=O)Nc2cc(C(=O)OC)ccc2C)C1. The van der Waals surface area contributed by atoms with E-state index in [0.717, 1.165) is 29.8 Å². The number of anilines is 1. The second-order valence-corrected chi connectivity index (χ2v) is 6.54. The van der Waals surface area contributed by atoms with E-state index in [9.17, 15) is 14.4 Å². The Hall–Kier alpha value is -2.41. The lowest BCUT2D eigenvalue weighted by Crippen LogP contribution is -3.14. The minimum atomic E-state index is -0.445. The van der Waals surface area contributed by atoms with E-state index in [2.05, 4.69) is 5.32 Å². The summed E-state index contributed by atoms with van der Waals surface area (Å²) in [6.07, 6.45) is 1.70. The number of carbonyl (C=O) groups is 3. The number of ether oxygens (including phenoxy) is 2. The molecule has 1 heterocycles. The zero-order chi connectivity index (χ0) is 19.1. The average molecular weight is 363 g/mol. The van der Waals surface area contributed by atoms with Crippen LogP contribution >= 0.6 is 0 Å². The van der Waals surface area contributed by atoms with Gasteiger partial charge in [0.15, 0.2) is 6.54 Å². The second kappa shape index (κ2) is 9.33. The quantitative estimate of drug-likeness (QED) is 0.722. The summed E-state index contributed by atoms with van der Waals surface area (Å²) in [7, 11) is 1.32. The van der Waals surface area contributed by atoms with Gasteiger partial charge in [0.1, 0.15) is 5.92 Å². The number of quaternary nitrogens is 1. The van der Waals surface area contributed by atoms with E-state index in [1.807, 2.05) is 6.92 Å². The number of nitrogens with one attached hydrogen (secondary N) is 2. The Morgan fingerprint density at radius 2 is 2.08 bits per heavy atom. The summed E-state index contributed by atoms with van der Waals surface area (Å²) >= 11 is 0. The number of hydrogen-bond acceptors (Lipinski definition) is 5. The Kier molecular flexibility index (Phi) is 7.15. The molecule has 0 bridgehead atoms. The summed E-state index contributed by atoms with van der Waals surface area (Å²) in [6, 6.07) is 5.05. The molecule has 7 heteroatoms. The molecule has 2 rings (SSSR count). The maximum absolute atomic E-state index is 12.4. The Balaban J connectivity index is 1.96. The molecule has 0 aliphatic carbocycles. The van der Waals surface area contributed by atoms with Gasteiger partial charge in [0, 0.05) is 5.69 Å². The van der Waals surface area contributed by atoms with Crippen molar-refractivity contribution in [1.82, 2.24) is 0 Å². The van der Waals surface area contributed by atoms with Crippen molar-refractivity contribution in [2.45, 2.75) is 26.7 Å². The van der Waals surface area contributed by atoms with Gasteiger partial charge in [0.05, 0.1) is 32.4 Å². The molecule has 1 saturated heterocycles. The lowest BCUT2D eigenvalue weighted by Gasteiger charge is -2.28. The highest BCUT2D eigenvalue weighted by Crippen LogP contribution is 2.17. The zero-order valence-electron chi connectivity index (χ0n) is 15.6. The molecule has 2 atom stereocenters. The zero-order valence-corrected chi connectivity index (χ0v) is 15.6. The maximum atomic E-state index is 12.4. The minimum absolute atomic E-state index is 0.143. The highest BCUT2D eigenvalue weighted by molar-refractivity contribution is 5.95. The normalized spacial score (nSPS) is 19.5. The van der Waals surface area contributed by atoms with E-state index in [1.54, 1.807) is 25.1 Å². The summed E-state index contributed by atoms with van der Waals surface area (Å²) in [5, 5.41) is 2.86. The van der Waals surface area contributed by atoms with Crippen molar-refractivity contribution < 1.29 is 28.8 Å². The van der Waals surface area contributed by atoms with Gasteiger partial charge < -0.3 is 19.7 Å². The number of esters is 2. The standard InChI is InChI=1S/C19H26N2O5/c1-4-26-19(24)15-6-5-9-21(11-15)12-17(22)20-16-10-14(18(23)25-3)8-7-13(16)2/h7-8,10,15H,4-6,9,11-12H2,1-3H3,(H,20,22)/p+1/t15-/m1/s1. The van der Waals surface area contributed by atoms with Gasteiger partial charge in [-0.05, 0) is 44.4 Å². The van der Waals surface area contributed by atoms with Crippen molar-refractivity contribution >= 4 is 23.5 Å². The number of benzene rings is 1. The lowest BCUT2D eigenvalue weighted by molar-refractivity contribution is -0.899. The predicted octanol–water partition coefficient (Wildman–Crippen LogP) is 0.578. The van der Waals surface area contributed by atoms with Crippen molar-refractivity contribution in [2.24, 2.45) is 5.92 Å². The Labute approximate surface area is 153 Å². The number of methoxy groups -OCH3 is 1. The van der Waals surface area contributed by atoms with Crippen molar-refractivity contribution in [3.8, 4) is 0 Å². The first kappa shape index (κ1) is 19.9. The van der Waals surface area contributed by atoms with Crippen LogP contribution in [0.15, 0.2) is 18.2 Å². The molecule has 2 N–H and O–H groups in total. The summed E-state index contributed by atoms with van der Waals surface area (Å²) in [6.45, 7) is 5.77. The molecule has 7 nitrogen and oxygen atoms in total. The Morgan fingerprint density at radius 3 is 2.77 bits per heavy atom. The van der Waals surface area contributed by atoms with E-state index < -0.39 is 5.97 Å². The van der Waals surface area contributed by atoms with Gasteiger partial charge in [-0.25, -0.2) is 4.79 Å². The first-order valence-electron chi connectivity index (χ1n) is 8.93. The predicted molar refractivity (Wildman–Crippen MR) is 96.1 cm³/mol. The third kappa shape index (κ3) is 5.29. The molecule has 1 fully saturated rings. The number of rotatable bonds is 6. The molecule has 1 aliphatic rings. The van der Waals surface area contributed by atoms with E-state index in [4.69, 9.17) is 9.47 Å². The molecule has 1 aromatic carbocycles. The first-order chi connectivity index (χ1) is 12.4. The van der Waals surface area contributed by atoms with Crippen LogP contribution in [0, 0.1) is 12.8 Å². The van der Waals surface area contributed by atoms with E-state index in [-0.39, 0.29) is 24.3 Å². The minimum Gasteiger partial charge on any atom is -0.466 e. The first-order valence-corrected chi connectivity index (χ1v) is 8.93. The van der Waals surface area contributed by atoms with Gasteiger partial charge in [-0.2, -0.15) is 0 Å². The highest BCUT2D eigenvalue weighted by atomic mass is 16.5. The van der Waals surface area contributed by atoms with Gasteiger partial charge in [0.2, 0.25) is 0 Å². The van der Waals surface area contributed by atoms with E-state index in [0.29, 0.717) is 24.4 Å². The number of carbonyl (C=O) groups excluding carboxylic acids is 3. The Morgan fingerprint density at radius 1 is 1.31 bits per heavy atom. The van der Waals surface area contributed by atoms with Crippen LogP contribution in [0.4, 0.5) is 5.69 Å². The molecule has 0 spiro atoms. The lowest BCUT2D eigenvalue weighted by atomic mass is 9.98. The monoisotopic (exact) mass is 363 g/mol. The van der Waals surface area contributed by atoms with Crippen molar-refractivity contribution in [2.75, 3.05) is 38.7 Å². The van der Waals surface area contributed by atoms with Crippen molar-refractivity contribution in [3.63, 3.8) is 0 Å². The van der Waals surface area contributed by atoms with Gasteiger partial charge in [-0.15, -0.1) is 0 Å². The van der Waals surface area contributed by atoms with Gasteiger partial charge in [-0.3, -0.25) is 9.59 Å². The summed E-state index contributed by atoms with van der Waals surface area (Å²) in [5.41, 5.74) is 1.85. The van der Waals surface area contributed by atoms with Crippen LogP contribution in [0.3, 0.4) is 0 Å². The molecule has 142 valence electrons. The van der Waals surface area contributed by atoms with Gasteiger partial charge >= 0.3 is 11.9 Å². The maximum Gasteiger partial charge on any atom is 0.337 e. The third-order valence-electron chi connectivity index (χ3n) is 4.58. The molecule has 0 aromatic heterocycles. The largest absolute Gasteiger partial charge is 0.466 e. The number of aryl methyl sites for hydroxylation is 1. The second-order valence-electron chi connectivity index (χ2n) is 6.54. The number of piperidine rings is 1. The van der Waals surface area contributed by atoms with Crippen molar-refractivity contribution in [3.05, 3.63) is 29.3 Å². The Bertz CT molecular complexity index is 674. The fourth-order valence-electron chi connectivity index (χ4n) is 3.20. The van der Waals surface area contributed by atoms with Crippen LogP contribution in [0.25, 0.3) is 0 Å². The van der Waals surface area contributed by atoms with Gasteiger partial charge in [0.25, 0.3) is 5.91 Å². The van der Waals surface area contributed by atoms with Gasteiger partial charge in [-0.1, -0.05) is 6.07 Å². The molecule has 1 amide bonds. The van der Waals surface area contributed by atoms with E-state index >= 15 is 0 Å². The summed E-state index contributed by atoms with van der Waals surface area (Å²) in [5.74, 6) is -0.906. The molecule has 26 heavy (non-hydrogen) atoms. The van der Waals surface area contributed by atoms with Crippen LogP contribution in [0.5, 0.6) is 0 Å². The number of amides is 1. The number of hydrogen-bond donors (Lipinski definition) is 2. The molecule has 0 saturated carbocycles. The fourth-order valence-corrected chi connectivity index (χ4v) is 3.20. The topological polar surface area (TPSA) is 86.1 Å². The summed E-state index contributed by atoms with van der Waals surface area (Å²) < 4.78 is 9.81. The molecular formula is C19H27N2O5+. The van der Waals surface area contributed by atoms with Crippen LogP contribution in [0.2, 0.25) is 0 Å². The van der Waals surface area contributed by atoms with E-state index in [1.165, 1.54) is 7.11 Å². The van der Waals surface area contributed by atoms with Crippen LogP contribution in [-0.4, -0.2) is 51.2 Å². The van der Waals surface area contributed by atoms with Crippen molar-refractivity contribution in [1.29, 1.82) is 0 Å². The van der Waals surface area contributed by atoms with Crippen LogP contribution < -0.4 is 10.2 Å². The molecule has 1 unspecified atom stereocenters. The fraction of sp³-hybridized carbons (Fsp3) is 0.526.